The van der Waals surface area contributed by atoms with Crippen LogP contribution in [0.25, 0.3) is 10.2 Å². The van der Waals surface area contributed by atoms with E-state index in [0.29, 0.717) is 22.3 Å². The molecule has 0 aliphatic rings. The minimum absolute atomic E-state index is 0.142. The summed E-state index contributed by atoms with van der Waals surface area (Å²) in [6, 6.07) is 9.73. The molecular formula is C22H27ClN4O3S2. The molecule has 0 aliphatic heterocycles. The van der Waals surface area contributed by atoms with Crippen molar-refractivity contribution in [2.24, 2.45) is 0 Å². The molecule has 0 saturated heterocycles. The first-order chi connectivity index (χ1) is 15.0. The van der Waals surface area contributed by atoms with Gasteiger partial charge in [-0.15, -0.1) is 0 Å². The normalized spacial score (nSPS) is 12.1. The highest BCUT2D eigenvalue weighted by Gasteiger charge is 2.23. The summed E-state index contributed by atoms with van der Waals surface area (Å²) in [6.07, 6.45) is 0.765. The van der Waals surface area contributed by atoms with Gasteiger partial charge in [-0.1, -0.05) is 22.9 Å². The third-order valence-corrected chi connectivity index (χ3v) is 8.05. The van der Waals surface area contributed by atoms with Crippen LogP contribution in [-0.4, -0.2) is 69.8 Å². The van der Waals surface area contributed by atoms with Gasteiger partial charge in [0.15, 0.2) is 5.13 Å². The Morgan fingerprint density at radius 3 is 2.31 bits per heavy atom. The van der Waals surface area contributed by atoms with Crippen LogP contribution in [0.3, 0.4) is 0 Å². The smallest absolute Gasteiger partial charge is 0.260 e. The van der Waals surface area contributed by atoms with E-state index >= 15 is 0 Å². The number of amides is 1. The maximum Gasteiger partial charge on any atom is 0.260 e. The van der Waals surface area contributed by atoms with Gasteiger partial charge in [0.25, 0.3) is 5.91 Å². The SMILES string of the molecule is Cc1cc(Cl)cc2sc(N(CCCN(C)C)C(=O)c3ccc(S(=O)(=O)N(C)C)cc3)nc12. The van der Waals surface area contributed by atoms with Crippen LogP contribution in [0, 0.1) is 6.92 Å². The molecule has 1 heterocycles. The standard InChI is InChI=1S/C22H27ClN4O3S2/c1-15-13-17(23)14-19-20(15)24-22(31-19)27(12-6-11-25(2)3)21(28)16-7-9-18(10-8-16)32(29,30)26(4)5/h7-10,13-14H,6,11-12H2,1-5H3. The van der Waals surface area contributed by atoms with Gasteiger partial charge in [0.05, 0.1) is 15.1 Å². The predicted molar refractivity (Wildman–Crippen MR) is 132 cm³/mol. The molecule has 0 spiro atoms. The van der Waals surface area contributed by atoms with Crippen molar-refractivity contribution in [3.63, 3.8) is 0 Å². The number of carbonyl (C=O) groups is 1. The molecule has 0 unspecified atom stereocenters. The highest BCUT2D eigenvalue weighted by molar-refractivity contribution is 7.89. The molecule has 7 nitrogen and oxygen atoms in total. The molecule has 3 aromatic rings. The molecule has 0 N–H and O–H groups in total. The lowest BCUT2D eigenvalue weighted by Gasteiger charge is -2.21. The van der Waals surface area contributed by atoms with Crippen LogP contribution in [0.4, 0.5) is 5.13 Å². The van der Waals surface area contributed by atoms with Crippen LogP contribution >= 0.6 is 22.9 Å². The lowest BCUT2D eigenvalue weighted by atomic mass is 10.2. The van der Waals surface area contributed by atoms with E-state index in [1.54, 1.807) is 17.0 Å². The van der Waals surface area contributed by atoms with Gasteiger partial charge in [0, 0.05) is 31.2 Å². The van der Waals surface area contributed by atoms with Crippen molar-refractivity contribution < 1.29 is 13.2 Å². The minimum atomic E-state index is -3.56. The van der Waals surface area contributed by atoms with Crippen molar-refractivity contribution >= 4 is 54.2 Å². The van der Waals surface area contributed by atoms with Gasteiger partial charge in [-0.2, -0.15) is 0 Å². The number of carbonyl (C=O) groups excluding carboxylic acids is 1. The predicted octanol–water partition coefficient (Wildman–Crippen LogP) is 4.11. The number of rotatable bonds is 8. The number of hydrogen-bond donors (Lipinski definition) is 0. The Bertz CT molecular complexity index is 1220. The van der Waals surface area contributed by atoms with Crippen molar-refractivity contribution in [3.05, 3.63) is 52.5 Å². The van der Waals surface area contributed by atoms with E-state index in [-0.39, 0.29) is 10.8 Å². The van der Waals surface area contributed by atoms with E-state index in [2.05, 4.69) is 4.90 Å². The molecule has 0 saturated carbocycles. The van der Waals surface area contributed by atoms with Gasteiger partial charge in [0.2, 0.25) is 10.0 Å². The van der Waals surface area contributed by atoms with Crippen LogP contribution < -0.4 is 4.90 Å². The lowest BCUT2D eigenvalue weighted by molar-refractivity contribution is 0.0986. The Morgan fingerprint density at radius 1 is 1.06 bits per heavy atom. The molecule has 1 amide bonds. The molecule has 2 aromatic carbocycles. The summed E-state index contributed by atoms with van der Waals surface area (Å²) in [5, 5.41) is 1.23. The number of hydrogen-bond acceptors (Lipinski definition) is 6. The first-order valence-corrected chi connectivity index (χ1v) is 12.7. The van der Waals surface area contributed by atoms with E-state index in [1.165, 1.54) is 37.6 Å². The topological polar surface area (TPSA) is 73.8 Å². The molecule has 1 aromatic heterocycles. The number of anilines is 1. The molecule has 0 aliphatic carbocycles. The number of fused-ring (bicyclic) bond motifs is 1. The second-order valence-corrected chi connectivity index (χ2v) is 11.6. The van der Waals surface area contributed by atoms with Gasteiger partial charge >= 0.3 is 0 Å². The average molecular weight is 495 g/mol. The molecule has 10 heteroatoms. The average Bonchev–Trinajstić information content (AvgIpc) is 3.14. The molecule has 172 valence electrons. The fourth-order valence-electron chi connectivity index (χ4n) is 3.22. The van der Waals surface area contributed by atoms with Crippen LogP contribution in [0.5, 0.6) is 0 Å². The van der Waals surface area contributed by atoms with E-state index in [1.807, 2.05) is 33.2 Å². The fourth-order valence-corrected chi connectivity index (χ4v) is 5.57. The van der Waals surface area contributed by atoms with Crippen molar-refractivity contribution in [3.8, 4) is 0 Å². The number of aromatic nitrogens is 1. The molecule has 3 rings (SSSR count). The van der Waals surface area contributed by atoms with Crippen LogP contribution in [0.15, 0.2) is 41.3 Å². The first kappa shape index (κ1) is 24.6. The molecule has 0 radical (unpaired) electrons. The zero-order valence-corrected chi connectivity index (χ0v) is 21.2. The molecule has 0 fully saturated rings. The largest absolute Gasteiger partial charge is 0.309 e. The second-order valence-electron chi connectivity index (χ2n) is 7.99. The Labute approximate surface area is 198 Å². The van der Waals surface area contributed by atoms with Gasteiger partial charge in [-0.3, -0.25) is 9.69 Å². The minimum Gasteiger partial charge on any atom is -0.309 e. The number of halogens is 1. The van der Waals surface area contributed by atoms with Gasteiger partial charge in [0.1, 0.15) is 0 Å². The van der Waals surface area contributed by atoms with Crippen LogP contribution in [0.1, 0.15) is 22.3 Å². The van der Waals surface area contributed by atoms with Crippen molar-refractivity contribution in [1.82, 2.24) is 14.2 Å². The number of benzene rings is 2. The van der Waals surface area contributed by atoms with E-state index in [0.717, 1.165) is 33.1 Å². The Morgan fingerprint density at radius 2 is 1.72 bits per heavy atom. The van der Waals surface area contributed by atoms with E-state index in [4.69, 9.17) is 16.6 Å². The van der Waals surface area contributed by atoms with Crippen molar-refractivity contribution in [2.45, 2.75) is 18.2 Å². The molecular weight excluding hydrogens is 468 g/mol. The van der Waals surface area contributed by atoms with E-state index in [9.17, 15) is 13.2 Å². The fraction of sp³-hybridized carbons (Fsp3) is 0.364. The number of aryl methyl sites for hydroxylation is 1. The van der Waals surface area contributed by atoms with Crippen molar-refractivity contribution in [2.75, 3.05) is 46.2 Å². The Kier molecular flexibility index (Phi) is 7.57. The van der Waals surface area contributed by atoms with Gasteiger partial charge in [-0.25, -0.2) is 17.7 Å². The quantitative estimate of drug-likeness (QED) is 0.471. The zero-order valence-electron chi connectivity index (χ0n) is 18.8. The number of nitrogens with zero attached hydrogens (tertiary/aromatic N) is 4. The first-order valence-electron chi connectivity index (χ1n) is 10.1. The third kappa shape index (κ3) is 5.29. The summed E-state index contributed by atoms with van der Waals surface area (Å²) in [5.41, 5.74) is 2.18. The highest BCUT2D eigenvalue weighted by atomic mass is 35.5. The number of sulfonamides is 1. The Balaban J connectivity index is 1.97. The van der Waals surface area contributed by atoms with Gasteiger partial charge in [-0.05, 0) is 75.9 Å². The highest BCUT2D eigenvalue weighted by Crippen LogP contribution is 2.33. The zero-order chi connectivity index (χ0) is 23.6. The Hall–Kier alpha value is -2.04. The summed E-state index contributed by atoms with van der Waals surface area (Å²) in [5.74, 6) is -0.222. The second kappa shape index (κ2) is 9.84. The summed E-state index contributed by atoms with van der Waals surface area (Å²) < 4.78 is 26.7. The third-order valence-electron chi connectivity index (χ3n) is 4.98. The summed E-state index contributed by atoms with van der Waals surface area (Å²) >= 11 is 7.62. The molecule has 0 bridgehead atoms. The molecule has 32 heavy (non-hydrogen) atoms. The van der Waals surface area contributed by atoms with Crippen LogP contribution in [-0.2, 0) is 10.0 Å². The lowest BCUT2D eigenvalue weighted by Crippen LogP contribution is -2.33. The van der Waals surface area contributed by atoms with E-state index < -0.39 is 10.0 Å². The van der Waals surface area contributed by atoms with Gasteiger partial charge < -0.3 is 4.90 Å². The number of thiazole rings is 1. The maximum atomic E-state index is 13.4. The van der Waals surface area contributed by atoms with Crippen molar-refractivity contribution in [1.29, 1.82) is 0 Å². The maximum absolute atomic E-state index is 13.4. The van der Waals surface area contributed by atoms with Crippen LogP contribution in [0.2, 0.25) is 5.02 Å². The summed E-state index contributed by atoms with van der Waals surface area (Å²) in [6.45, 7) is 3.25. The monoisotopic (exact) mass is 494 g/mol. The summed E-state index contributed by atoms with van der Waals surface area (Å²) in [7, 11) is 3.36. The summed E-state index contributed by atoms with van der Waals surface area (Å²) in [4.78, 5) is 22.0. The molecule has 0 atom stereocenters.